The van der Waals surface area contributed by atoms with Crippen LogP contribution in [0.4, 0.5) is 5.69 Å². The Morgan fingerprint density at radius 3 is 2.81 bits per heavy atom. The zero-order valence-corrected chi connectivity index (χ0v) is 14.0. The van der Waals surface area contributed by atoms with Gasteiger partial charge in [0.2, 0.25) is 5.89 Å². The number of fused-ring (bicyclic) bond motifs is 1. The van der Waals surface area contributed by atoms with Gasteiger partial charge in [-0.1, -0.05) is 18.7 Å². The van der Waals surface area contributed by atoms with E-state index in [9.17, 15) is 10.1 Å². The summed E-state index contributed by atoms with van der Waals surface area (Å²) in [6.45, 7) is 4.00. The van der Waals surface area contributed by atoms with Crippen LogP contribution in [-0.4, -0.2) is 23.6 Å². The Kier molecular flexibility index (Phi) is 4.98. The monoisotopic (exact) mass is 352 g/mol. The molecular formula is C19H16N2O5. The van der Waals surface area contributed by atoms with E-state index in [1.807, 2.05) is 12.1 Å². The van der Waals surface area contributed by atoms with Crippen molar-refractivity contribution in [3.05, 3.63) is 70.6 Å². The third-order valence-corrected chi connectivity index (χ3v) is 3.56. The van der Waals surface area contributed by atoms with Crippen LogP contribution in [0, 0.1) is 10.1 Å². The lowest BCUT2D eigenvalue weighted by Crippen LogP contribution is -1.96. The Bertz CT molecular complexity index is 991. The van der Waals surface area contributed by atoms with Gasteiger partial charge in [-0.2, -0.15) is 0 Å². The molecule has 0 amide bonds. The highest BCUT2D eigenvalue weighted by molar-refractivity contribution is 5.78. The lowest BCUT2D eigenvalue weighted by Gasteiger charge is -2.09. The molecule has 0 aliphatic heterocycles. The molecule has 1 heterocycles. The Labute approximate surface area is 149 Å². The summed E-state index contributed by atoms with van der Waals surface area (Å²) in [6, 6.07) is 9.79. The van der Waals surface area contributed by atoms with Gasteiger partial charge < -0.3 is 13.9 Å². The number of nitro benzene ring substituents is 1. The summed E-state index contributed by atoms with van der Waals surface area (Å²) in [4.78, 5) is 14.6. The smallest absolute Gasteiger partial charge is 0.271 e. The molecule has 0 radical (unpaired) electrons. The summed E-state index contributed by atoms with van der Waals surface area (Å²) in [5.74, 6) is 1.58. The minimum Gasteiger partial charge on any atom is -0.493 e. The lowest BCUT2D eigenvalue weighted by molar-refractivity contribution is -0.384. The van der Waals surface area contributed by atoms with Gasteiger partial charge in [0.1, 0.15) is 12.1 Å². The van der Waals surface area contributed by atoms with Gasteiger partial charge in [0.25, 0.3) is 5.69 Å². The molecule has 2 aromatic carbocycles. The fraction of sp³-hybridized carbons (Fsp3) is 0.105. The quantitative estimate of drug-likeness (QED) is 0.354. The van der Waals surface area contributed by atoms with Gasteiger partial charge in [-0.05, 0) is 29.8 Å². The molecule has 0 bridgehead atoms. The van der Waals surface area contributed by atoms with Gasteiger partial charge in [0, 0.05) is 18.2 Å². The molecule has 3 aromatic rings. The third kappa shape index (κ3) is 3.72. The molecule has 0 saturated carbocycles. The van der Waals surface area contributed by atoms with E-state index >= 15 is 0 Å². The maximum Gasteiger partial charge on any atom is 0.271 e. The summed E-state index contributed by atoms with van der Waals surface area (Å²) >= 11 is 0. The average molecular weight is 352 g/mol. The van der Waals surface area contributed by atoms with E-state index in [1.54, 1.807) is 31.4 Å². The van der Waals surface area contributed by atoms with Gasteiger partial charge in [-0.25, -0.2) is 4.98 Å². The number of benzene rings is 2. The van der Waals surface area contributed by atoms with Gasteiger partial charge in [0.15, 0.2) is 17.1 Å². The molecule has 0 N–H and O–H groups in total. The molecular weight excluding hydrogens is 336 g/mol. The summed E-state index contributed by atoms with van der Waals surface area (Å²) in [6.07, 6.45) is 5.15. The summed E-state index contributed by atoms with van der Waals surface area (Å²) in [7, 11) is 1.57. The van der Waals surface area contributed by atoms with Gasteiger partial charge in [-0.3, -0.25) is 10.1 Å². The van der Waals surface area contributed by atoms with E-state index in [4.69, 9.17) is 13.9 Å². The fourth-order valence-corrected chi connectivity index (χ4v) is 2.34. The molecule has 0 fully saturated rings. The van der Waals surface area contributed by atoms with Crippen molar-refractivity contribution in [2.24, 2.45) is 0 Å². The summed E-state index contributed by atoms with van der Waals surface area (Å²) in [5.41, 5.74) is 1.76. The van der Waals surface area contributed by atoms with Crippen LogP contribution in [0.1, 0.15) is 11.5 Å². The highest BCUT2D eigenvalue weighted by Gasteiger charge is 2.10. The number of hydrogen-bond donors (Lipinski definition) is 0. The third-order valence-electron chi connectivity index (χ3n) is 3.56. The molecule has 3 rings (SSSR count). The summed E-state index contributed by atoms with van der Waals surface area (Å²) < 4.78 is 16.4. The van der Waals surface area contributed by atoms with Crippen LogP contribution < -0.4 is 9.47 Å². The topological polar surface area (TPSA) is 87.6 Å². The van der Waals surface area contributed by atoms with Crippen molar-refractivity contribution in [1.82, 2.24) is 4.98 Å². The van der Waals surface area contributed by atoms with Crippen molar-refractivity contribution in [2.45, 2.75) is 0 Å². The molecule has 7 heteroatoms. The number of oxazole rings is 1. The highest BCUT2D eigenvalue weighted by Crippen LogP contribution is 2.29. The minimum atomic E-state index is -0.466. The largest absolute Gasteiger partial charge is 0.493 e. The average Bonchev–Trinajstić information content (AvgIpc) is 3.06. The number of nitro groups is 1. The van der Waals surface area contributed by atoms with Crippen molar-refractivity contribution in [1.29, 1.82) is 0 Å². The SMILES string of the molecule is C=CCOc1ccc(/C=C/c2nc3cc([N+](=O)[O-])ccc3o2)cc1OC. The predicted molar refractivity (Wildman–Crippen MR) is 98.3 cm³/mol. The van der Waals surface area contributed by atoms with E-state index in [0.717, 1.165) is 5.56 Å². The van der Waals surface area contributed by atoms with Gasteiger partial charge >= 0.3 is 0 Å². The van der Waals surface area contributed by atoms with Crippen LogP contribution in [0.5, 0.6) is 11.5 Å². The van der Waals surface area contributed by atoms with E-state index in [2.05, 4.69) is 11.6 Å². The van der Waals surface area contributed by atoms with Crippen molar-refractivity contribution in [3.63, 3.8) is 0 Å². The molecule has 0 unspecified atom stereocenters. The first-order valence-electron chi connectivity index (χ1n) is 7.75. The van der Waals surface area contributed by atoms with Crippen molar-refractivity contribution in [2.75, 3.05) is 13.7 Å². The molecule has 132 valence electrons. The molecule has 0 spiro atoms. The van der Waals surface area contributed by atoms with E-state index in [1.165, 1.54) is 18.2 Å². The molecule has 0 saturated heterocycles. The number of hydrogen-bond acceptors (Lipinski definition) is 6. The first kappa shape index (κ1) is 17.2. The second-order valence-electron chi connectivity index (χ2n) is 5.30. The van der Waals surface area contributed by atoms with Crippen molar-refractivity contribution in [3.8, 4) is 11.5 Å². The number of aromatic nitrogens is 1. The molecule has 1 aromatic heterocycles. The molecule has 0 atom stereocenters. The van der Waals surface area contributed by atoms with Crippen molar-refractivity contribution >= 4 is 28.9 Å². The zero-order valence-electron chi connectivity index (χ0n) is 14.0. The van der Waals surface area contributed by atoms with Crippen LogP contribution in [0.3, 0.4) is 0 Å². The van der Waals surface area contributed by atoms with Crippen LogP contribution in [0.15, 0.2) is 53.5 Å². The molecule has 0 aliphatic rings. The highest BCUT2D eigenvalue weighted by atomic mass is 16.6. The number of non-ortho nitro benzene ring substituents is 1. The Morgan fingerprint density at radius 1 is 1.23 bits per heavy atom. The molecule has 26 heavy (non-hydrogen) atoms. The zero-order chi connectivity index (χ0) is 18.5. The molecule has 0 aliphatic carbocycles. The first-order chi connectivity index (χ1) is 12.6. The lowest BCUT2D eigenvalue weighted by atomic mass is 10.2. The maximum atomic E-state index is 10.8. The first-order valence-corrected chi connectivity index (χ1v) is 7.75. The second kappa shape index (κ2) is 7.52. The predicted octanol–water partition coefficient (Wildman–Crippen LogP) is 4.48. The van der Waals surface area contributed by atoms with Crippen LogP contribution >= 0.6 is 0 Å². The van der Waals surface area contributed by atoms with Crippen LogP contribution in [-0.2, 0) is 0 Å². The van der Waals surface area contributed by atoms with Crippen LogP contribution in [0.25, 0.3) is 23.3 Å². The summed E-state index contributed by atoms with van der Waals surface area (Å²) in [5, 5.41) is 10.8. The molecule has 7 nitrogen and oxygen atoms in total. The van der Waals surface area contributed by atoms with Crippen molar-refractivity contribution < 1.29 is 18.8 Å². The number of rotatable bonds is 7. The van der Waals surface area contributed by atoms with Gasteiger partial charge in [0.05, 0.1) is 12.0 Å². The standard InChI is InChI=1S/C19H16N2O5/c1-3-10-25-17-7-4-13(11-18(17)24-2)5-9-19-20-15-12-14(21(22)23)6-8-16(15)26-19/h3-9,11-12H,1,10H2,2H3/b9-5+. The Balaban J connectivity index is 1.83. The van der Waals surface area contributed by atoms with E-state index in [0.29, 0.717) is 35.1 Å². The Morgan fingerprint density at radius 2 is 2.08 bits per heavy atom. The van der Waals surface area contributed by atoms with Gasteiger partial charge in [-0.15, -0.1) is 0 Å². The number of ether oxygens (including phenoxy) is 2. The Hall–Kier alpha value is -3.61. The van der Waals surface area contributed by atoms with Crippen LogP contribution in [0.2, 0.25) is 0 Å². The minimum absolute atomic E-state index is 0.0267. The number of nitrogens with zero attached hydrogens (tertiary/aromatic N) is 2. The van der Waals surface area contributed by atoms with E-state index in [-0.39, 0.29) is 5.69 Å². The normalized spacial score (nSPS) is 11.0. The fourth-order valence-electron chi connectivity index (χ4n) is 2.34. The second-order valence-corrected chi connectivity index (χ2v) is 5.30. The number of methoxy groups -OCH3 is 1. The van der Waals surface area contributed by atoms with E-state index < -0.39 is 4.92 Å². The maximum absolute atomic E-state index is 10.8.